The average molecular weight is 225 g/mol. The third-order valence-corrected chi connectivity index (χ3v) is 3.16. The maximum Gasteiger partial charge on any atom is 0.227 e. The fourth-order valence-electron chi connectivity index (χ4n) is 1.45. The maximum absolute atomic E-state index is 11.9. The van der Waals surface area contributed by atoms with Gasteiger partial charge in [0.15, 0.2) is 0 Å². The second kappa shape index (κ2) is 6.62. The summed E-state index contributed by atoms with van der Waals surface area (Å²) in [5.74, 6) is 0.258. The zero-order valence-electron chi connectivity index (χ0n) is 9.53. The van der Waals surface area contributed by atoms with Gasteiger partial charge in [0.05, 0.1) is 5.00 Å². The van der Waals surface area contributed by atoms with E-state index >= 15 is 0 Å². The Balaban J connectivity index is 2.65. The molecule has 0 fully saturated rings. The fourth-order valence-corrected chi connectivity index (χ4v) is 2.22. The number of amides is 1. The normalized spacial score (nSPS) is 10.3. The summed E-state index contributed by atoms with van der Waals surface area (Å²) < 4.78 is 0. The summed E-state index contributed by atoms with van der Waals surface area (Å²) in [7, 11) is 0. The van der Waals surface area contributed by atoms with Crippen LogP contribution in [0.2, 0.25) is 0 Å². The number of nitrogens with zero attached hydrogens (tertiary/aromatic N) is 1. The molecular weight excluding hydrogens is 206 g/mol. The molecule has 1 aromatic heterocycles. The monoisotopic (exact) mass is 225 g/mol. The topological polar surface area (TPSA) is 20.3 Å². The fraction of sp³-hybridized carbons (Fsp3) is 0.583. The highest BCUT2D eigenvalue weighted by Gasteiger charge is 2.14. The molecule has 84 valence electrons. The Hall–Kier alpha value is -0.830. The van der Waals surface area contributed by atoms with Gasteiger partial charge in [0.1, 0.15) is 0 Å². The highest BCUT2D eigenvalue weighted by Crippen LogP contribution is 2.22. The molecule has 0 aromatic carbocycles. The van der Waals surface area contributed by atoms with E-state index in [1.54, 1.807) is 11.3 Å². The maximum atomic E-state index is 11.9. The predicted octanol–water partition coefficient (Wildman–Crippen LogP) is 3.68. The van der Waals surface area contributed by atoms with E-state index in [-0.39, 0.29) is 5.91 Å². The number of unbranched alkanes of at least 4 members (excludes halogenated alkanes) is 1. The summed E-state index contributed by atoms with van der Waals surface area (Å²) >= 11 is 1.64. The van der Waals surface area contributed by atoms with Gasteiger partial charge in [-0.25, -0.2) is 0 Å². The van der Waals surface area contributed by atoms with Crippen LogP contribution in [0.25, 0.3) is 0 Å². The standard InChI is InChI=1S/C12H19NOS/c1-3-5-9-13(11(14)7-4-2)12-8-6-10-15-12/h6,8,10H,3-5,7,9H2,1-2H3. The molecule has 0 saturated heterocycles. The molecule has 3 heteroatoms. The smallest absolute Gasteiger partial charge is 0.227 e. The molecule has 0 aliphatic heterocycles. The molecule has 0 unspecified atom stereocenters. The average Bonchev–Trinajstić information content (AvgIpc) is 2.72. The van der Waals surface area contributed by atoms with Gasteiger partial charge in [0.2, 0.25) is 5.91 Å². The van der Waals surface area contributed by atoms with Crippen LogP contribution < -0.4 is 4.90 Å². The molecule has 0 radical (unpaired) electrons. The van der Waals surface area contributed by atoms with E-state index in [1.807, 2.05) is 29.3 Å². The first-order valence-electron chi connectivity index (χ1n) is 5.63. The zero-order chi connectivity index (χ0) is 11.1. The molecule has 0 aliphatic rings. The predicted molar refractivity (Wildman–Crippen MR) is 66.5 cm³/mol. The van der Waals surface area contributed by atoms with Crippen molar-refractivity contribution in [1.29, 1.82) is 0 Å². The Kier molecular flexibility index (Phi) is 5.40. The van der Waals surface area contributed by atoms with Gasteiger partial charge in [-0.3, -0.25) is 4.79 Å². The molecule has 1 aromatic rings. The quantitative estimate of drug-likeness (QED) is 0.723. The van der Waals surface area contributed by atoms with Crippen LogP contribution in [0.4, 0.5) is 5.00 Å². The number of hydrogen-bond acceptors (Lipinski definition) is 2. The summed E-state index contributed by atoms with van der Waals surface area (Å²) in [4.78, 5) is 13.8. The Morgan fingerprint density at radius 2 is 2.20 bits per heavy atom. The lowest BCUT2D eigenvalue weighted by Gasteiger charge is -2.20. The number of rotatable bonds is 6. The van der Waals surface area contributed by atoms with Crippen molar-refractivity contribution in [3.8, 4) is 0 Å². The van der Waals surface area contributed by atoms with E-state index in [4.69, 9.17) is 0 Å². The minimum Gasteiger partial charge on any atom is -0.304 e. The first-order valence-corrected chi connectivity index (χ1v) is 6.51. The summed E-state index contributed by atoms with van der Waals surface area (Å²) in [6.07, 6.45) is 3.78. The number of hydrogen-bond donors (Lipinski definition) is 0. The van der Waals surface area contributed by atoms with Gasteiger partial charge in [-0.05, 0) is 30.4 Å². The van der Waals surface area contributed by atoms with Gasteiger partial charge in [-0.1, -0.05) is 20.3 Å². The highest BCUT2D eigenvalue weighted by atomic mass is 32.1. The van der Waals surface area contributed by atoms with Crippen molar-refractivity contribution < 1.29 is 4.79 Å². The van der Waals surface area contributed by atoms with E-state index in [1.165, 1.54) is 0 Å². The summed E-state index contributed by atoms with van der Waals surface area (Å²) in [5.41, 5.74) is 0. The third-order valence-electron chi connectivity index (χ3n) is 2.27. The summed E-state index contributed by atoms with van der Waals surface area (Å²) in [6.45, 7) is 5.05. The van der Waals surface area contributed by atoms with Crippen molar-refractivity contribution in [3.05, 3.63) is 17.5 Å². The lowest BCUT2D eigenvalue weighted by atomic mass is 10.2. The Labute approximate surface area is 95.9 Å². The van der Waals surface area contributed by atoms with Crippen LogP contribution in [0.5, 0.6) is 0 Å². The molecule has 2 nitrogen and oxygen atoms in total. The minimum absolute atomic E-state index is 0.258. The first-order chi connectivity index (χ1) is 7.29. The summed E-state index contributed by atoms with van der Waals surface area (Å²) in [5, 5.41) is 3.11. The van der Waals surface area contributed by atoms with Crippen molar-refractivity contribution in [2.45, 2.75) is 39.5 Å². The van der Waals surface area contributed by atoms with Crippen LogP contribution in [-0.2, 0) is 4.79 Å². The molecule has 1 heterocycles. The largest absolute Gasteiger partial charge is 0.304 e. The molecule has 0 aliphatic carbocycles. The van der Waals surface area contributed by atoms with Crippen LogP contribution in [0.1, 0.15) is 39.5 Å². The molecule has 0 atom stereocenters. The van der Waals surface area contributed by atoms with Gasteiger partial charge < -0.3 is 4.90 Å². The van der Waals surface area contributed by atoms with Crippen LogP contribution in [0.15, 0.2) is 17.5 Å². The molecule has 0 spiro atoms. The van der Waals surface area contributed by atoms with Gasteiger partial charge in [0, 0.05) is 13.0 Å². The Bertz CT molecular complexity index is 282. The first kappa shape index (κ1) is 12.2. The zero-order valence-corrected chi connectivity index (χ0v) is 10.3. The van der Waals surface area contributed by atoms with Crippen molar-refractivity contribution in [1.82, 2.24) is 0 Å². The number of anilines is 1. The van der Waals surface area contributed by atoms with Gasteiger partial charge in [-0.2, -0.15) is 0 Å². The van der Waals surface area contributed by atoms with E-state index < -0.39 is 0 Å². The van der Waals surface area contributed by atoms with Crippen LogP contribution >= 0.6 is 11.3 Å². The molecular formula is C12H19NOS. The van der Waals surface area contributed by atoms with E-state index in [0.717, 1.165) is 30.8 Å². The van der Waals surface area contributed by atoms with Crippen molar-refractivity contribution in [2.75, 3.05) is 11.4 Å². The van der Waals surface area contributed by atoms with Crippen molar-refractivity contribution in [2.24, 2.45) is 0 Å². The third kappa shape index (κ3) is 3.67. The molecule has 1 rings (SSSR count). The highest BCUT2D eigenvalue weighted by molar-refractivity contribution is 7.14. The lowest BCUT2D eigenvalue weighted by molar-refractivity contribution is -0.118. The molecule has 15 heavy (non-hydrogen) atoms. The van der Waals surface area contributed by atoms with E-state index in [9.17, 15) is 4.79 Å². The second-order valence-electron chi connectivity index (χ2n) is 3.60. The number of carbonyl (C=O) groups is 1. The lowest BCUT2D eigenvalue weighted by Crippen LogP contribution is -2.30. The minimum atomic E-state index is 0.258. The molecule has 0 bridgehead atoms. The second-order valence-corrected chi connectivity index (χ2v) is 4.53. The SMILES string of the molecule is CCCCN(C(=O)CCC)c1cccs1. The van der Waals surface area contributed by atoms with Crippen LogP contribution in [0.3, 0.4) is 0 Å². The molecule has 1 amide bonds. The molecule has 0 N–H and O–H groups in total. The van der Waals surface area contributed by atoms with Gasteiger partial charge >= 0.3 is 0 Å². The van der Waals surface area contributed by atoms with Crippen LogP contribution in [-0.4, -0.2) is 12.5 Å². The van der Waals surface area contributed by atoms with Crippen LogP contribution in [0, 0.1) is 0 Å². The van der Waals surface area contributed by atoms with Gasteiger partial charge in [-0.15, -0.1) is 11.3 Å². The Morgan fingerprint density at radius 3 is 2.73 bits per heavy atom. The van der Waals surface area contributed by atoms with E-state index in [2.05, 4.69) is 6.92 Å². The Morgan fingerprint density at radius 1 is 1.40 bits per heavy atom. The number of thiophene rings is 1. The summed E-state index contributed by atoms with van der Waals surface area (Å²) in [6, 6.07) is 4.02. The van der Waals surface area contributed by atoms with Crippen molar-refractivity contribution >= 4 is 22.2 Å². The van der Waals surface area contributed by atoms with Gasteiger partial charge in [0.25, 0.3) is 0 Å². The van der Waals surface area contributed by atoms with Crippen molar-refractivity contribution in [3.63, 3.8) is 0 Å². The number of carbonyl (C=O) groups excluding carboxylic acids is 1. The van der Waals surface area contributed by atoms with E-state index in [0.29, 0.717) is 6.42 Å². The molecule has 0 saturated carbocycles.